The fourth-order valence-electron chi connectivity index (χ4n) is 0.360. The third-order valence-corrected chi connectivity index (χ3v) is 2.55. The monoisotopic (exact) mass is 150 g/mol. The van der Waals surface area contributed by atoms with Crippen molar-refractivity contribution < 1.29 is 9.59 Å². The van der Waals surface area contributed by atoms with E-state index < -0.39 is 0 Å². The van der Waals surface area contributed by atoms with Crippen LogP contribution in [0.1, 0.15) is 6.92 Å². The Balaban J connectivity index is 3.80. The quantitative estimate of drug-likeness (QED) is 0.337. The minimum Gasteiger partial charge on any atom is -0.390 e. The van der Waals surface area contributed by atoms with Gasteiger partial charge in [0.15, 0.2) is 0 Å². The zero-order valence-corrected chi connectivity index (χ0v) is 7.23. The minimum absolute atomic E-state index is 0.230. The van der Waals surface area contributed by atoms with Gasteiger partial charge >= 0.3 is 0 Å². The molecule has 0 aliphatic rings. The van der Waals surface area contributed by atoms with Gasteiger partial charge < -0.3 is 9.59 Å². The zero-order valence-electron chi connectivity index (χ0n) is 6.33. The second-order valence-electron chi connectivity index (χ2n) is 2.95. The number of aliphatic hydroxyl groups excluding tert-OH is 1. The van der Waals surface area contributed by atoms with Crippen LogP contribution >= 0.6 is 12.6 Å². The van der Waals surface area contributed by atoms with Crippen LogP contribution in [0.2, 0.25) is 0 Å². The molecule has 0 spiro atoms. The topological polar surface area (TPSA) is 20.2 Å². The van der Waals surface area contributed by atoms with Crippen LogP contribution in [0, 0.1) is 0 Å². The molecular weight excluding hydrogens is 134 g/mol. The van der Waals surface area contributed by atoms with E-state index >= 15 is 0 Å². The molecule has 56 valence electrons. The Hall–Kier alpha value is 0.270. The van der Waals surface area contributed by atoms with Crippen molar-refractivity contribution in [2.45, 2.75) is 13.0 Å². The molecule has 0 radical (unpaired) electrons. The standard InChI is InChI=1S/C6H15NOS/c1-6(4-8)7(2,3)5-9/h6,8H,4-5H2,1-3H3/p+1. The van der Waals surface area contributed by atoms with Gasteiger partial charge in [-0.25, -0.2) is 0 Å². The average Bonchev–Trinajstić information content (AvgIpc) is 1.86. The Kier molecular flexibility index (Phi) is 3.54. The van der Waals surface area contributed by atoms with Gasteiger partial charge in [-0.05, 0) is 6.92 Å². The van der Waals surface area contributed by atoms with Crippen LogP contribution in [0.4, 0.5) is 0 Å². The fourth-order valence-corrected chi connectivity index (χ4v) is 0.639. The SMILES string of the molecule is CC(CO)[N+](C)(C)CS. The summed E-state index contributed by atoms with van der Waals surface area (Å²) < 4.78 is 0.764. The number of quaternary nitrogens is 1. The normalized spacial score (nSPS) is 15.7. The summed E-state index contributed by atoms with van der Waals surface area (Å²) in [5.41, 5.74) is 0. The van der Waals surface area contributed by atoms with Crippen molar-refractivity contribution in [2.24, 2.45) is 0 Å². The van der Waals surface area contributed by atoms with E-state index in [9.17, 15) is 0 Å². The highest BCUT2D eigenvalue weighted by molar-refractivity contribution is 7.80. The van der Waals surface area contributed by atoms with Crippen molar-refractivity contribution in [3.05, 3.63) is 0 Å². The van der Waals surface area contributed by atoms with Gasteiger partial charge in [0.05, 0.1) is 20.7 Å². The predicted octanol–water partition coefficient (Wildman–Crippen LogP) is 0.331. The minimum atomic E-state index is 0.230. The van der Waals surface area contributed by atoms with Gasteiger partial charge in [0.25, 0.3) is 0 Å². The first-order valence-electron chi connectivity index (χ1n) is 3.09. The molecule has 0 aromatic rings. The van der Waals surface area contributed by atoms with Gasteiger partial charge in [-0.2, -0.15) is 0 Å². The van der Waals surface area contributed by atoms with Crippen LogP contribution in [0.25, 0.3) is 0 Å². The molecule has 0 bridgehead atoms. The Labute approximate surface area is 62.5 Å². The Morgan fingerprint density at radius 3 is 2.11 bits per heavy atom. The zero-order chi connectivity index (χ0) is 7.49. The number of aliphatic hydroxyl groups is 1. The lowest BCUT2D eigenvalue weighted by Gasteiger charge is -2.33. The maximum absolute atomic E-state index is 8.75. The molecule has 1 N–H and O–H groups in total. The first-order valence-corrected chi connectivity index (χ1v) is 3.72. The highest BCUT2D eigenvalue weighted by atomic mass is 32.1. The van der Waals surface area contributed by atoms with E-state index in [1.807, 2.05) is 21.0 Å². The number of nitrogens with zero attached hydrogens (tertiary/aromatic N) is 1. The van der Waals surface area contributed by atoms with Crippen molar-refractivity contribution in [2.75, 3.05) is 26.6 Å². The molecule has 2 nitrogen and oxygen atoms in total. The van der Waals surface area contributed by atoms with Crippen molar-refractivity contribution in [1.29, 1.82) is 0 Å². The van der Waals surface area contributed by atoms with Gasteiger partial charge in [0, 0.05) is 0 Å². The molecule has 9 heavy (non-hydrogen) atoms. The molecule has 0 aromatic carbocycles. The van der Waals surface area contributed by atoms with Crippen LogP contribution in [-0.4, -0.2) is 42.2 Å². The van der Waals surface area contributed by atoms with Crippen LogP contribution in [-0.2, 0) is 0 Å². The van der Waals surface area contributed by atoms with E-state index in [0.717, 1.165) is 10.4 Å². The molecule has 1 atom stereocenters. The summed E-state index contributed by atoms with van der Waals surface area (Å²) in [5, 5.41) is 8.75. The summed E-state index contributed by atoms with van der Waals surface area (Å²) in [6, 6.07) is 0.280. The molecule has 0 saturated carbocycles. The third kappa shape index (κ3) is 2.56. The van der Waals surface area contributed by atoms with Gasteiger partial charge in [0.1, 0.15) is 11.9 Å². The molecule has 0 aliphatic heterocycles. The molecule has 0 heterocycles. The molecule has 0 amide bonds. The first-order chi connectivity index (χ1) is 4.04. The Morgan fingerprint density at radius 2 is 2.00 bits per heavy atom. The lowest BCUT2D eigenvalue weighted by Crippen LogP contribution is -2.48. The second-order valence-corrected chi connectivity index (χ2v) is 3.23. The van der Waals surface area contributed by atoms with Crippen LogP contribution < -0.4 is 0 Å². The van der Waals surface area contributed by atoms with E-state index in [1.54, 1.807) is 0 Å². The predicted molar refractivity (Wildman–Crippen MR) is 42.5 cm³/mol. The number of likely N-dealkylation sites (N-methyl/N-ethyl adjacent to an activating group) is 1. The number of hydrogen-bond donors (Lipinski definition) is 2. The lowest BCUT2D eigenvalue weighted by molar-refractivity contribution is -0.901. The fraction of sp³-hybridized carbons (Fsp3) is 1.00. The van der Waals surface area contributed by atoms with E-state index in [4.69, 9.17) is 5.11 Å². The first kappa shape index (κ1) is 9.27. The number of hydrogen-bond acceptors (Lipinski definition) is 2. The maximum atomic E-state index is 8.75. The summed E-state index contributed by atoms with van der Waals surface area (Å²) in [6.45, 7) is 2.24. The van der Waals surface area contributed by atoms with Crippen molar-refractivity contribution >= 4 is 12.6 Å². The summed E-state index contributed by atoms with van der Waals surface area (Å²) in [5.74, 6) is 0.766. The smallest absolute Gasteiger partial charge is 0.122 e. The van der Waals surface area contributed by atoms with Gasteiger partial charge in [-0.1, -0.05) is 0 Å². The van der Waals surface area contributed by atoms with Crippen molar-refractivity contribution in [3.63, 3.8) is 0 Å². The van der Waals surface area contributed by atoms with Gasteiger partial charge in [0.2, 0.25) is 0 Å². The summed E-state index contributed by atoms with van der Waals surface area (Å²) >= 11 is 4.16. The van der Waals surface area contributed by atoms with Crippen LogP contribution in [0.15, 0.2) is 0 Å². The van der Waals surface area contributed by atoms with E-state index in [2.05, 4.69) is 12.6 Å². The van der Waals surface area contributed by atoms with Crippen molar-refractivity contribution in [1.82, 2.24) is 0 Å². The second kappa shape index (κ2) is 3.44. The maximum Gasteiger partial charge on any atom is 0.122 e. The molecule has 0 rings (SSSR count). The molecule has 0 fully saturated rings. The Morgan fingerprint density at radius 1 is 1.56 bits per heavy atom. The van der Waals surface area contributed by atoms with Crippen LogP contribution in [0.5, 0.6) is 0 Å². The molecule has 0 aliphatic carbocycles. The largest absolute Gasteiger partial charge is 0.390 e. The highest BCUT2D eigenvalue weighted by Gasteiger charge is 2.20. The van der Waals surface area contributed by atoms with E-state index in [1.165, 1.54) is 0 Å². The van der Waals surface area contributed by atoms with E-state index in [0.29, 0.717) is 0 Å². The van der Waals surface area contributed by atoms with Crippen molar-refractivity contribution in [3.8, 4) is 0 Å². The highest BCUT2D eigenvalue weighted by Crippen LogP contribution is 2.05. The summed E-state index contributed by atoms with van der Waals surface area (Å²) in [6.07, 6.45) is 0. The van der Waals surface area contributed by atoms with Gasteiger partial charge in [-0.3, -0.25) is 0 Å². The molecule has 3 heteroatoms. The molecule has 0 aromatic heterocycles. The van der Waals surface area contributed by atoms with Gasteiger partial charge in [-0.15, -0.1) is 12.6 Å². The lowest BCUT2D eigenvalue weighted by atomic mass is 10.3. The van der Waals surface area contributed by atoms with Crippen LogP contribution in [0.3, 0.4) is 0 Å². The third-order valence-electron chi connectivity index (χ3n) is 1.82. The average molecular weight is 150 g/mol. The molecule has 1 unspecified atom stereocenters. The molecule has 0 saturated heterocycles. The number of rotatable bonds is 3. The summed E-state index contributed by atoms with van der Waals surface area (Å²) in [4.78, 5) is 0. The summed E-state index contributed by atoms with van der Waals surface area (Å²) in [7, 11) is 4.10. The molecular formula is C6H16NOS+. The van der Waals surface area contributed by atoms with E-state index in [-0.39, 0.29) is 12.6 Å². The number of thiol groups is 1. The Bertz CT molecular complexity index is 85.1.